The van der Waals surface area contributed by atoms with Crippen molar-refractivity contribution in [3.05, 3.63) is 66.1 Å². The van der Waals surface area contributed by atoms with Crippen LogP contribution in [-0.4, -0.2) is 16.0 Å². The number of aromatic nitrogens is 1. The van der Waals surface area contributed by atoms with Crippen molar-refractivity contribution in [3.8, 4) is 0 Å². The van der Waals surface area contributed by atoms with Gasteiger partial charge in [-0.15, -0.1) is 11.8 Å². The number of halogens is 1. The van der Waals surface area contributed by atoms with Crippen LogP contribution in [-0.2, 0) is 0 Å². The fraction of sp³-hybridized carbons (Fsp3) is 0.118. The van der Waals surface area contributed by atoms with Gasteiger partial charge in [-0.1, -0.05) is 30.3 Å². The third kappa shape index (κ3) is 2.72. The minimum absolute atomic E-state index is 0.000651. The third-order valence-electron chi connectivity index (χ3n) is 3.36. The van der Waals surface area contributed by atoms with E-state index >= 15 is 0 Å². The van der Waals surface area contributed by atoms with Gasteiger partial charge in [0.2, 0.25) is 0 Å². The molecule has 1 N–H and O–H groups in total. The van der Waals surface area contributed by atoms with Gasteiger partial charge in [0.1, 0.15) is 5.82 Å². The van der Waals surface area contributed by atoms with Crippen LogP contribution in [0.2, 0.25) is 0 Å². The van der Waals surface area contributed by atoms with Crippen molar-refractivity contribution in [2.75, 3.05) is 0 Å². The highest BCUT2D eigenvalue weighted by Crippen LogP contribution is 2.29. The number of nitrogens with one attached hydrogen (secondary N) is 1. The Bertz CT molecular complexity index is 796. The van der Waals surface area contributed by atoms with Gasteiger partial charge >= 0.3 is 0 Å². The molecule has 0 bridgehead atoms. The first-order valence-corrected chi connectivity index (χ1v) is 7.56. The monoisotopic (exact) mass is 299 g/mol. The zero-order valence-corrected chi connectivity index (χ0v) is 12.3. The Hall–Kier alpha value is -2.07. The maximum Gasteiger partial charge on any atom is 0.178 e. The molecule has 1 unspecified atom stereocenters. The number of Topliss-reactive ketones (excluding diaryl/α,β-unsaturated/α-hetero) is 1. The summed E-state index contributed by atoms with van der Waals surface area (Å²) in [5.74, 6) is -0.290. The second kappa shape index (κ2) is 5.74. The van der Waals surface area contributed by atoms with E-state index in [4.69, 9.17) is 0 Å². The Morgan fingerprint density at radius 3 is 2.67 bits per heavy atom. The van der Waals surface area contributed by atoms with Crippen molar-refractivity contribution in [2.24, 2.45) is 0 Å². The van der Waals surface area contributed by atoms with Gasteiger partial charge in [-0.25, -0.2) is 4.39 Å². The molecule has 21 heavy (non-hydrogen) atoms. The van der Waals surface area contributed by atoms with Crippen LogP contribution < -0.4 is 0 Å². The SMILES string of the molecule is CC(Sc1ccccc1F)C(=O)c1c[nH]c2ccccc12. The van der Waals surface area contributed by atoms with Gasteiger partial charge in [0.15, 0.2) is 5.78 Å². The molecule has 0 spiro atoms. The van der Waals surface area contributed by atoms with E-state index in [0.29, 0.717) is 10.5 Å². The lowest BCUT2D eigenvalue weighted by molar-refractivity contribution is 0.0995. The summed E-state index contributed by atoms with van der Waals surface area (Å²) in [6.45, 7) is 1.81. The fourth-order valence-electron chi connectivity index (χ4n) is 2.28. The first kappa shape index (κ1) is 13.9. The maximum atomic E-state index is 13.7. The molecule has 1 heterocycles. The average Bonchev–Trinajstić information content (AvgIpc) is 2.92. The van der Waals surface area contributed by atoms with E-state index in [1.54, 1.807) is 31.3 Å². The van der Waals surface area contributed by atoms with Crippen LogP contribution in [0.1, 0.15) is 17.3 Å². The van der Waals surface area contributed by atoms with Gasteiger partial charge in [-0.2, -0.15) is 0 Å². The lowest BCUT2D eigenvalue weighted by atomic mass is 10.1. The average molecular weight is 299 g/mol. The molecular weight excluding hydrogens is 285 g/mol. The van der Waals surface area contributed by atoms with E-state index in [0.717, 1.165) is 10.9 Å². The Morgan fingerprint density at radius 2 is 1.86 bits per heavy atom. The number of rotatable bonds is 4. The fourth-order valence-corrected chi connectivity index (χ4v) is 3.23. The molecule has 2 aromatic carbocycles. The molecule has 0 saturated carbocycles. The molecule has 0 aliphatic rings. The Balaban J connectivity index is 1.86. The first-order chi connectivity index (χ1) is 10.2. The Kier molecular flexibility index (Phi) is 3.80. The zero-order chi connectivity index (χ0) is 14.8. The van der Waals surface area contributed by atoms with Crippen LogP contribution in [0.4, 0.5) is 4.39 Å². The highest BCUT2D eigenvalue weighted by molar-refractivity contribution is 8.00. The number of benzene rings is 2. The second-order valence-electron chi connectivity index (χ2n) is 4.80. The topological polar surface area (TPSA) is 32.9 Å². The molecular formula is C17H14FNOS. The van der Waals surface area contributed by atoms with Crippen molar-refractivity contribution in [3.63, 3.8) is 0 Å². The van der Waals surface area contributed by atoms with Crippen molar-refractivity contribution in [1.29, 1.82) is 0 Å². The lowest BCUT2D eigenvalue weighted by Gasteiger charge is -2.10. The molecule has 0 aliphatic heterocycles. The number of para-hydroxylation sites is 1. The minimum atomic E-state index is -0.346. The van der Waals surface area contributed by atoms with Crippen molar-refractivity contribution >= 4 is 28.4 Å². The van der Waals surface area contributed by atoms with Crippen molar-refractivity contribution < 1.29 is 9.18 Å². The molecule has 1 aromatic heterocycles. The predicted octanol–water partition coefficient (Wildman–Crippen LogP) is 4.67. The third-order valence-corrected chi connectivity index (χ3v) is 4.52. The molecule has 0 radical (unpaired) electrons. The van der Waals surface area contributed by atoms with E-state index in [-0.39, 0.29) is 16.9 Å². The Labute approximate surface area is 126 Å². The standard InChI is InChI=1S/C17H14FNOS/c1-11(21-16-9-5-3-7-14(16)18)17(20)13-10-19-15-8-4-2-6-12(13)15/h2-11,19H,1H3. The van der Waals surface area contributed by atoms with Crippen LogP contribution >= 0.6 is 11.8 Å². The van der Waals surface area contributed by atoms with E-state index in [1.807, 2.05) is 24.3 Å². The second-order valence-corrected chi connectivity index (χ2v) is 6.19. The molecule has 2 nitrogen and oxygen atoms in total. The van der Waals surface area contributed by atoms with E-state index in [9.17, 15) is 9.18 Å². The van der Waals surface area contributed by atoms with Gasteiger partial charge < -0.3 is 4.98 Å². The summed E-state index contributed by atoms with van der Waals surface area (Å²) in [5, 5.41) is 0.560. The molecule has 4 heteroatoms. The van der Waals surface area contributed by atoms with Crippen LogP contribution in [0.5, 0.6) is 0 Å². The molecule has 0 aliphatic carbocycles. The largest absolute Gasteiger partial charge is 0.360 e. The van der Waals surface area contributed by atoms with Crippen LogP contribution in [0.3, 0.4) is 0 Å². The number of fused-ring (bicyclic) bond motifs is 1. The van der Waals surface area contributed by atoms with Crippen molar-refractivity contribution in [2.45, 2.75) is 17.1 Å². The summed E-state index contributed by atoms with van der Waals surface area (Å²) in [7, 11) is 0. The minimum Gasteiger partial charge on any atom is -0.360 e. The van der Waals surface area contributed by atoms with Crippen LogP contribution in [0.25, 0.3) is 10.9 Å². The molecule has 3 aromatic rings. The number of H-pyrrole nitrogens is 1. The summed E-state index contributed by atoms with van der Waals surface area (Å²) >= 11 is 1.25. The van der Waals surface area contributed by atoms with Crippen molar-refractivity contribution in [1.82, 2.24) is 4.98 Å². The van der Waals surface area contributed by atoms with E-state index < -0.39 is 0 Å². The number of carbonyl (C=O) groups excluding carboxylic acids is 1. The normalized spacial score (nSPS) is 12.5. The summed E-state index contributed by atoms with van der Waals surface area (Å²) in [5.41, 5.74) is 1.59. The van der Waals surface area contributed by atoms with Crippen LogP contribution in [0, 0.1) is 5.82 Å². The van der Waals surface area contributed by atoms with Gasteiger partial charge in [-0.3, -0.25) is 4.79 Å². The molecule has 1 atom stereocenters. The first-order valence-electron chi connectivity index (χ1n) is 6.68. The molecule has 0 saturated heterocycles. The maximum absolute atomic E-state index is 13.7. The number of aromatic amines is 1. The highest BCUT2D eigenvalue weighted by atomic mass is 32.2. The number of hydrogen-bond donors (Lipinski definition) is 1. The number of carbonyl (C=O) groups is 1. The summed E-state index contributed by atoms with van der Waals surface area (Å²) in [6, 6.07) is 14.2. The van der Waals surface area contributed by atoms with E-state index in [1.165, 1.54) is 17.8 Å². The molecule has 3 rings (SSSR count). The van der Waals surface area contributed by atoms with Crippen LogP contribution in [0.15, 0.2) is 59.6 Å². The molecule has 0 amide bonds. The number of ketones is 1. The number of thioether (sulfide) groups is 1. The molecule has 0 fully saturated rings. The Morgan fingerprint density at radius 1 is 1.14 bits per heavy atom. The van der Waals surface area contributed by atoms with Gasteiger partial charge in [-0.05, 0) is 25.1 Å². The molecule has 106 valence electrons. The lowest BCUT2D eigenvalue weighted by Crippen LogP contribution is -2.13. The van der Waals surface area contributed by atoms with Gasteiger partial charge in [0.05, 0.1) is 5.25 Å². The predicted molar refractivity (Wildman–Crippen MR) is 84.3 cm³/mol. The van der Waals surface area contributed by atoms with Gasteiger partial charge in [0, 0.05) is 27.6 Å². The summed E-state index contributed by atoms with van der Waals surface area (Å²) in [6.07, 6.45) is 1.73. The highest BCUT2D eigenvalue weighted by Gasteiger charge is 2.20. The zero-order valence-electron chi connectivity index (χ0n) is 11.5. The quantitative estimate of drug-likeness (QED) is 0.561. The van der Waals surface area contributed by atoms with E-state index in [2.05, 4.69) is 4.98 Å². The number of hydrogen-bond acceptors (Lipinski definition) is 2. The van der Waals surface area contributed by atoms with Gasteiger partial charge in [0.25, 0.3) is 0 Å². The smallest absolute Gasteiger partial charge is 0.178 e. The summed E-state index contributed by atoms with van der Waals surface area (Å²) in [4.78, 5) is 16.2. The summed E-state index contributed by atoms with van der Waals surface area (Å²) < 4.78 is 13.7.